The highest BCUT2D eigenvalue weighted by Crippen LogP contribution is 2.45. The highest BCUT2D eigenvalue weighted by Gasteiger charge is 2.29. The lowest BCUT2D eigenvalue weighted by atomic mass is 10.0. The van der Waals surface area contributed by atoms with Crippen molar-refractivity contribution in [1.29, 1.82) is 0 Å². The van der Waals surface area contributed by atoms with Crippen molar-refractivity contribution in [3.05, 3.63) is 84.4 Å². The van der Waals surface area contributed by atoms with Crippen molar-refractivity contribution in [3.63, 3.8) is 0 Å². The van der Waals surface area contributed by atoms with E-state index in [1.54, 1.807) is 5.57 Å². The first-order valence-corrected chi connectivity index (χ1v) is 10.8. The van der Waals surface area contributed by atoms with E-state index in [9.17, 15) is 0 Å². The summed E-state index contributed by atoms with van der Waals surface area (Å²) in [4.78, 5) is 0. The van der Waals surface area contributed by atoms with Gasteiger partial charge in [0.15, 0.2) is 0 Å². The van der Waals surface area contributed by atoms with E-state index in [4.69, 9.17) is 0 Å². The van der Waals surface area contributed by atoms with Crippen LogP contribution in [0.4, 0.5) is 0 Å². The molecule has 2 bridgehead atoms. The Morgan fingerprint density at radius 2 is 1.41 bits per heavy atom. The Morgan fingerprint density at radius 1 is 0.741 bits per heavy atom. The van der Waals surface area contributed by atoms with Gasteiger partial charge in [0.1, 0.15) is 0 Å². The molecule has 3 aromatic carbocycles. The van der Waals surface area contributed by atoms with Crippen LogP contribution in [0, 0.1) is 0 Å². The fourth-order valence-electron chi connectivity index (χ4n) is 4.78. The van der Waals surface area contributed by atoms with E-state index in [2.05, 4.69) is 95.2 Å². The highest BCUT2D eigenvalue weighted by molar-refractivity contribution is 8.01. The van der Waals surface area contributed by atoms with Gasteiger partial charge < -0.3 is 4.57 Å². The van der Waals surface area contributed by atoms with Gasteiger partial charge in [-0.2, -0.15) is 11.8 Å². The second-order valence-electron chi connectivity index (χ2n) is 7.69. The summed E-state index contributed by atoms with van der Waals surface area (Å²) in [5, 5.41) is 4.23. The Morgan fingerprint density at radius 3 is 2.07 bits per heavy atom. The van der Waals surface area contributed by atoms with E-state index >= 15 is 0 Å². The summed E-state index contributed by atoms with van der Waals surface area (Å²) in [5.41, 5.74) is 6.74. The Hall–Kier alpha value is -2.45. The smallest absolute Gasteiger partial charge is 0.0541 e. The summed E-state index contributed by atoms with van der Waals surface area (Å²) in [7, 11) is 0. The van der Waals surface area contributed by atoms with Crippen LogP contribution in [0.15, 0.2) is 78.9 Å². The van der Waals surface area contributed by atoms with Gasteiger partial charge in [0, 0.05) is 27.0 Å². The fourth-order valence-corrected chi connectivity index (χ4v) is 6.34. The van der Waals surface area contributed by atoms with Gasteiger partial charge in [0.2, 0.25) is 0 Å². The molecule has 6 rings (SSSR count). The van der Waals surface area contributed by atoms with Crippen LogP contribution in [0.1, 0.15) is 24.8 Å². The molecule has 1 saturated heterocycles. The zero-order valence-corrected chi connectivity index (χ0v) is 16.0. The summed E-state index contributed by atoms with van der Waals surface area (Å²) in [6.45, 7) is 0. The molecule has 132 valence electrons. The molecule has 4 aromatic rings. The van der Waals surface area contributed by atoms with Crippen LogP contribution in [-0.4, -0.2) is 15.1 Å². The van der Waals surface area contributed by atoms with Crippen molar-refractivity contribution >= 4 is 39.1 Å². The minimum atomic E-state index is 0.746. The number of allylic oxidation sites excluding steroid dienone is 1. The van der Waals surface area contributed by atoms with E-state index in [0.717, 1.165) is 10.5 Å². The second kappa shape index (κ2) is 6.03. The largest absolute Gasteiger partial charge is 0.309 e. The summed E-state index contributed by atoms with van der Waals surface area (Å²) >= 11 is 2.17. The third-order valence-electron chi connectivity index (χ3n) is 6.05. The molecule has 0 saturated carbocycles. The maximum Gasteiger partial charge on any atom is 0.0541 e. The predicted octanol–water partition coefficient (Wildman–Crippen LogP) is 6.84. The maximum absolute atomic E-state index is 2.52. The van der Waals surface area contributed by atoms with Gasteiger partial charge in [-0.15, -0.1) is 0 Å². The quantitative estimate of drug-likeness (QED) is 0.376. The number of hydrogen-bond acceptors (Lipinski definition) is 1. The fraction of sp³-hybridized carbons (Fsp3) is 0.200. The number of para-hydroxylation sites is 2. The molecule has 0 aliphatic carbocycles. The molecular weight excluding hydrogens is 346 g/mol. The zero-order valence-electron chi connectivity index (χ0n) is 15.1. The lowest BCUT2D eigenvalue weighted by molar-refractivity contribution is 0.790. The standard InChI is InChI=1S/C25H21NS/c1-3-7-24-22(5-1)23-6-2-4-8-25(23)26(24)19-11-9-17(10-12-19)18-15-20-13-14-21(16-18)27-20/h1-12,15,20-21H,13-14,16H2. The highest BCUT2D eigenvalue weighted by atomic mass is 32.2. The van der Waals surface area contributed by atoms with E-state index < -0.39 is 0 Å². The summed E-state index contributed by atoms with van der Waals surface area (Å²) in [5.74, 6) is 0. The van der Waals surface area contributed by atoms with Gasteiger partial charge in [-0.1, -0.05) is 54.6 Å². The summed E-state index contributed by atoms with van der Waals surface area (Å²) in [6.07, 6.45) is 6.49. The first kappa shape index (κ1) is 15.6. The number of aromatic nitrogens is 1. The molecule has 3 heterocycles. The van der Waals surface area contributed by atoms with Gasteiger partial charge in [0.05, 0.1) is 11.0 Å². The molecule has 2 atom stereocenters. The van der Waals surface area contributed by atoms with Gasteiger partial charge in [-0.05, 0) is 54.7 Å². The molecule has 27 heavy (non-hydrogen) atoms. The number of hydrogen-bond donors (Lipinski definition) is 0. The lowest BCUT2D eigenvalue weighted by Gasteiger charge is -2.19. The van der Waals surface area contributed by atoms with Crippen LogP contribution in [-0.2, 0) is 0 Å². The molecule has 0 amide bonds. The number of nitrogens with zero attached hydrogens (tertiary/aromatic N) is 1. The average Bonchev–Trinajstić information content (AvgIpc) is 3.24. The molecule has 2 aliphatic rings. The zero-order chi connectivity index (χ0) is 17.8. The second-order valence-corrected chi connectivity index (χ2v) is 9.23. The van der Waals surface area contributed by atoms with Gasteiger partial charge >= 0.3 is 0 Å². The van der Waals surface area contributed by atoms with Crippen molar-refractivity contribution in [2.75, 3.05) is 0 Å². The molecule has 2 aliphatic heterocycles. The SMILES string of the molecule is C1=C(c2ccc(-n3c4ccccc4c4ccccc43)cc2)CC2CCC1S2. The first-order chi connectivity index (χ1) is 13.4. The van der Waals surface area contributed by atoms with Crippen molar-refractivity contribution in [1.82, 2.24) is 4.57 Å². The summed E-state index contributed by atoms with van der Waals surface area (Å²) < 4.78 is 2.39. The van der Waals surface area contributed by atoms with Crippen molar-refractivity contribution < 1.29 is 0 Å². The van der Waals surface area contributed by atoms with Crippen LogP contribution in [0.3, 0.4) is 0 Å². The Labute approximate surface area is 163 Å². The number of thioether (sulfide) groups is 1. The first-order valence-electron chi connectivity index (χ1n) is 9.82. The summed E-state index contributed by atoms with van der Waals surface area (Å²) in [6, 6.07) is 26.6. The van der Waals surface area contributed by atoms with Crippen LogP contribution in [0.25, 0.3) is 33.1 Å². The average molecular weight is 368 g/mol. The lowest BCUT2D eigenvalue weighted by Crippen LogP contribution is -2.05. The van der Waals surface area contributed by atoms with Crippen molar-refractivity contribution in [2.45, 2.75) is 29.8 Å². The predicted molar refractivity (Wildman–Crippen MR) is 118 cm³/mol. The van der Waals surface area contributed by atoms with Crippen LogP contribution in [0.2, 0.25) is 0 Å². The monoisotopic (exact) mass is 367 g/mol. The van der Waals surface area contributed by atoms with Crippen LogP contribution in [0.5, 0.6) is 0 Å². The molecule has 1 fully saturated rings. The molecular formula is C25H21NS. The molecule has 2 unspecified atom stereocenters. The maximum atomic E-state index is 2.52. The Kier molecular flexibility index (Phi) is 3.48. The van der Waals surface area contributed by atoms with Gasteiger partial charge in [0.25, 0.3) is 0 Å². The third kappa shape index (κ3) is 2.47. The Balaban J connectivity index is 1.48. The minimum absolute atomic E-state index is 0.746. The van der Waals surface area contributed by atoms with Gasteiger partial charge in [-0.3, -0.25) is 0 Å². The van der Waals surface area contributed by atoms with Crippen LogP contribution >= 0.6 is 11.8 Å². The van der Waals surface area contributed by atoms with E-state index in [1.165, 1.54) is 52.3 Å². The van der Waals surface area contributed by atoms with Gasteiger partial charge in [-0.25, -0.2) is 0 Å². The normalized spacial score (nSPS) is 21.7. The molecule has 0 spiro atoms. The van der Waals surface area contributed by atoms with Crippen molar-refractivity contribution in [2.24, 2.45) is 0 Å². The number of benzene rings is 3. The Bertz CT molecular complexity index is 1130. The molecule has 0 radical (unpaired) electrons. The van der Waals surface area contributed by atoms with Crippen LogP contribution < -0.4 is 0 Å². The van der Waals surface area contributed by atoms with E-state index in [1.807, 2.05) is 0 Å². The van der Waals surface area contributed by atoms with Crippen molar-refractivity contribution in [3.8, 4) is 5.69 Å². The third-order valence-corrected chi connectivity index (χ3v) is 7.56. The number of rotatable bonds is 2. The molecule has 1 aromatic heterocycles. The van der Waals surface area contributed by atoms with E-state index in [-0.39, 0.29) is 0 Å². The minimum Gasteiger partial charge on any atom is -0.309 e. The molecule has 0 N–H and O–H groups in total. The molecule has 2 heteroatoms. The molecule has 1 nitrogen and oxygen atoms in total. The van der Waals surface area contributed by atoms with E-state index in [0.29, 0.717) is 0 Å². The topological polar surface area (TPSA) is 4.93 Å². The number of fused-ring (bicyclic) bond motifs is 5.